The SMILES string of the molecule is C[C@]1(O)CC2O[C@]1(C)n1c3ccccc3c3c4c(c5c6ccccc6n2c5c31)C(=O)NC4. The Bertz CT molecular complexity index is 1710. The van der Waals surface area contributed by atoms with Crippen LogP contribution in [0.1, 0.15) is 42.4 Å². The van der Waals surface area contributed by atoms with Gasteiger partial charge in [-0.05, 0) is 31.5 Å². The van der Waals surface area contributed by atoms with E-state index in [-0.39, 0.29) is 12.1 Å². The molecule has 3 atom stereocenters. The van der Waals surface area contributed by atoms with E-state index in [2.05, 4.69) is 38.7 Å². The monoisotopic (exact) mass is 423 g/mol. The maximum absolute atomic E-state index is 13.2. The highest BCUT2D eigenvalue weighted by atomic mass is 16.6. The number of rotatable bonds is 0. The van der Waals surface area contributed by atoms with E-state index in [0.29, 0.717) is 13.0 Å². The lowest BCUT2D eigenvalue weighted by atomic mass is 9.91. The van der Waals surface area contributed by atoms with Crippen molar-refractivity contribution in [3.05, 3.63) is 59.7 Å². The Labute approximate surface area is 183 Å². The van der Waals surface area contributed by atoms with Crippen molar-refractivity contribution >= 4 is 49.5 Å². The van der Waals surface area contributed by atoms with Gasteiger partial charge in [0.05, 0.1) is 27.6 Å². The summed E-state index contributed by atoms with van der Waals surface area (Å²) in [5.41, 5.74) is 3.90. The lowest BCUT2D eigenvalue weighted by Crippen LogP contribution is -2.48. The Hall–Kier alpha value is -3.35. The van der Waals surface area contributed by atoms with Gasteiger partial charge in [0, 0.05) is 34.5 Å². The number of nitrogens with zero attached hydrogens (tertiary/aromatic N) is 2. The van der Waals surface area contributed by atoms with Crippen LogP contribution in [-0.4, -0.2) is 25.7 Å². The molecule has 5 heterocycles. The third-order valence-corrected chi connectivity index (χ3v) is 8.17. The van der Waals surface area contributed by atoms with E-state index in [1.54, 1.807) is 0 Å². The molecule has 1 fully saturated rings. The maximum Gasteiger partial charge on any atom is 0.252 e. The minimum absolute atomic E-state index is 0.0184. The fraction of sp³-hybridized carbons (Fsp3) is 0.269. The van der Waals surface area contributed by atoms with Crippen LogP contribution in [0.3, 0.4) is 0 Å². The highest BCUT2D eigenvalue weighted by Crippen LogP contribution is 2.57. The summed E-state index contributed by atoms with van der Waals surface area (Å²) < 4.78 is 11.2. The van der Waals surface area contributed by atoms with E-state index in [1.165, 1.54) is 0 Å². The second-order valence-corrected chi connectivity index (χ2v) is 9.76. The molecule has 1 amide bonds. The van der Waals surface area contributed by atoms with Crippen molar-refractivity contribution in [3.8, 4) is 0 Å². The third kappa shape index (κ3) is 1.60. The lowest BCUT2D eigenvalue weighted by Gasteiger charge is -2.37. The van der Waals surface area contributed by atoms with Crippen LogP contribution in [0.25, 0.3) is 43.6 Å². The predicted octanol–water partition coefficient (Wildman–Crippen LogP) is 4.50. The number of hydrogen-bond donors (Lipinski definition) is 2. The van der Waals surface area contributed by atoms with Crippen molar-refractivity contribution < 1.29 is 14.6 Å². The van der Waals surface area contributed by atoms with Crippen molar-refractivity contribution in [1.82, 2.24) is 14.5 Å². The highest BCUT2D eigenvalue weighted by molar-refractivity contribution is 6.31. The zero-order valence-corrected chi connectivity index (χ0v) is 17.8. The fourth-order valence-electron chi connectivity index (χ4n) is 6.62. The number of carbonyl (C=O) groups excluding carboxylic acids is 1. The molecule has 0 aliphatic carbocycles. The van der Waals surface area contributed by atoms with E-state index in [9.17, 15) is 9.90 Å². The van der Waals surface area contributed by atoms with Gasteiger partial charge in [0.2, 0.25) is 0 Å². The minimum atomic E-state index is -1.07. The number of nitrogens with one attached hydrogen (secondary N) is 1. The number of amides is 1. The number of benzene rings is 3. The summed E-state index contributed by atoms with van der Waals surface area (Å²) in [6, 6.07) is 16.5. The first-order valence-electron chi connectivity index (χ1n) is 11.1. The van der Waals surface area contributed by atoms with Crippen LogP contribution in [0.4, 0.5) is 0 Å². The normalized spacial score (nSPS) is 28.3. The first-order valence-corrected chi connectivity index (χ1v) is 11.1. The summed E-state index contributed by atoms with van der Waals surface area (Å²) in [7, 11) is 0. The van der Waals surface area contributed by atoms with Crippen LogP contribution in [-0.2, 0) is 17.0 Å². The molecule has 5 aromatic rings. The molecule has 1 unspecified atom stereocenters. The molecule has 6 nitrogen and oxygen atoms in total. The third-order valence-electron chi connectivity index (χ3n) is 8.17. The van der Waals surface area contributed by atoms with E-state index in [1.807, 2.05) is 38.1 Å². The lowest BCUT2D eigenvalue weighted by molar-refractivity contribution is -0.170. The second kappa shape index (κ2) is 5.00. The summed E-state index contributed by atoms with van der Waals surface area (Å²) in [5, 5.41) is 19.0. The number of ether oxygens (including phenoxy) is 1. The number of para-hydroxylation sites is 2. The van der Waals surface area contributed by atoms with E-state index >= 15 is 0 Å². The number of aromatic nitrogens is 2. The van der Waals surface area contributed by atoms with E-state index in [4.69, 9.17) is 4.74 Å². The zero-order chi connectivity index (χ0) is 21.6. The first-order chi connectivity index (χ1) is 15.4. The van der Waals surface area contributed by atoms with Crippen molar-refractivity contribution in [1.29, 1.82) is 0 Å². The average molecular weight is 423 g/mol. The van der Waals surface area contributed by atoms with Gasteiger partial charge in [0.25, 0.3) is 5.91 Å². The van der Waals surface area contributed by atoms with Crippen LogP contribution >= 0.6 is 0 Å². The molecule has 3 aromatic carbocycles. The van der Waals surface area contributed by atoms with Gasteiger partial charge in [0.15, 0.2) is 5.72 Å². The van der Waals surface area contributed by atoms with Gasteiger partial charge in [-0.3, -0.25) is 4.79 Å². The fourth-order valence-corrected chi connectivity index (χ4v) is 6.62. The van der Waals surface area contributed by atoms with E-state index < -0.39 is 11.3 Å². The quantitative estimate of drug-likeness (QED) is 0.385. The number of fused-ring (bicyclic) bond motifs is 13. The molecule has 0 spiro atoms. The molecule has 3 aliphatic rings. The molecule has 2 N–H and O–H groups in total. The topological polar surface area (TPSA) is 68.4 Å². The molecule has 2 bridgehead atoms. The van der Waals surface area contributed by atoms with Crippen molar-refractivity contribution in [2.45, 2.75) is 44.4 Å². The largest absolute Gasteiger partial charge is 0.385 e. The van der Waals surface area contributed by atoms with Crippen LogP contribution < -0.4 is 5.32 Å². The van der Waals surface area contributed by atoms with Gasteiger partial charge in [-0.15, -0.1) is 0 Å². The van der Waals surface area contributed by atoms with Gasteiger partial charge in [-0.1, -0.05) is 36.4 Å². The molecule has 6 heteroatoms. The molecule has 1 saturated heterocycles. The second-order valence-electron chi connectivity index (χ2n) is 9.76. The molecule has 32 heavy (non-hydrogen) atoms. The first kappa shape index (κ1) is 17.2. The molecular weight excluding hydrogens is 402 g/mol. The number of carbonyl (C=O) groups is 1. The number of hydrogen-bond acceptors (Lipinski definition) is 3. The van der Waals surface area contributed by atoms with Gasteiger partial charge in [-0.25, -0.2) is 0 Å². The van der Waals surface area contributed by atoms with E-state index in [0.717, 1.165) is 54.7 Å². The Balaban J connectivity index is 1.80. The van der Waals surface area contributed by atoms with Crippen LogP contribution in [0.5, 0.6) is 0 Å². The molecular formula is C26H21N3O3. The van der Waals surface area contributed by atoms with Crippen molar-refractivity contribution in [3.63, 3.8) is 0 Å². The summed E-state index contributed by atoms with van der Waals surface area (Å²) in [4.78, 5) is 13.2. The van der Waals surface area contributed by atoms with Gasteiger partial charge < -0.3 is 24.3 Å². The zero-order valence-electron chi connectivity index (χ0n) is 17.8. The Morgan fingerprint density at radius 2 is 1.69 bits per heavy atom. The van der Waals surface area contributed by atoms with Gasteiger partial charge >= 0.3 is 0 Å². The van der Waals surface area contributed by atoms with Gasteiger partial charge in [-0.2, -0.15) is 0 Å². The molecule has 3 aliphatic heterocycles. The molecule has 8 rings (SSSR count). The Kier molecular flexibility index (Phi) is 2.69. The summed E-state index contributed by atoms with van der Waals surface area (Å²) in [6.07, 6.45) is 0.135. The van der Waals surface area contributed by atoms with Crippen LogP contribution in [0.2, 0.25) is 0 Å². The highest BCUT2D eigenvalue weighted by Gasteiger charge is 2.58. The van der Waals surface area contributed by atoms with Crippen molar-refractivity contribution in [2.24, 2.45) is 0 Å². The number of aliphatic hydroxyl groups is 1. The molecule has 0 saturated carbocycles. The minimum Gasteiger partial charge on any atom is -0.385 e. The Morgan fingerprint density at radius 3 is 2.47 bits per heavy atom. The maximum atomic E-state index is 13.2. The molecule has 158 valence electrons. The molecule has 2 aromatic heterocycles. The standard InChI is InChI=1S/C26H21N3O3/c1-25(31)11-18-28-16-9-5-3-7-13(16)20-21-15(12-27-24(21)30)19-14-8-4-6-10-17(14)29(23(19)22(20)28)26(25,2)32-18/h3-10,18,31H,11-12H2,1-2H3,(H,27,30)/t18?,25-,26-/m0/s1. The van der Waals surface area contributed by atoms with Gasteiger partial charge in [0.1, 0.15) is 11.8 Å². The summed E-state index contributed by atoms with van der Waals surface area (Å²) in [5.74, 6) is -0.0184. The van der Waals surface area contributed by atoms with Crippen LogP contribution in [0, 0.1) is 0 Å². The summed E-state index contributed by atoms with van der Waals surface area (Å²) >= 11 is 0. The van der Waals surface area contributed by atoms with Crippen molar-refractivity contribution in [2.75, 3.05) is 0 Å². The average Bonchev–Trinajstić information content (AvgIpc) is 3.45. The summed E-state index contributed by atoms with van der Waals surface area (Å²) in [6.45, 7) is 4.38. The predicted molar refractivity (Wildman–Crippen MR) is 123 cm³/mol. The smallest absolute Gasteiger partial charge is 0.252 e. The van der Waals surface area contributed by atoms with Crippen LogP contribution in [0.15, 0.2) is 48.5 Å². The Morgan fingerprint density at radius 1 is 1.00 bits per heavy atom. The molecule has 0 radical (unpaired) electrons.